The molecule has 3 aromatic carbocycles. The molecule has 0 saturated heterocycles. The van der Waals surface area contributed by atoms with Crippen molar-refractivity contribution in [1.82, 2.24) is 0 Å². The quantitative estimate of drug-likeness (QED) is 0.353. The van der Waals surface area contributed by atoms with Crippen LogP contribution in [-0.2, 0) is 7.05 Å². The first-order valence-electron chi connectivity index (χ1n) is 7.86. The van der Waals surface area contributed by atoms with Crippen LogP contribution in [0.1, 0.15) is 5.56 Å². The zero-order valence-corrected chi connectivity index (χ0v) is 13.9. The molecule has 2 heteroatoms. The van der Waals surface area contributed by atoms with E-state index in [0.717, 1.165) is 0 Å². The number of nitrogens with zero attached hydrogens (tertiary/aromatic N) is 1. The van der Waals surface area contributed by atoms with Gasteiger partial charge in [0.1, 0.15) is 7.05 Å². The molecule has 0 aliphatic carbocycles. The van der Waals surface area contributed by atoms with Gasteiger partial charge in [-0.1, -0.05) is 48.2 Å². The Labute approximate surface area is 139 Å². The molecule has 4 aromatic rings. The van der Waals surface area contributed by atoms with E-state index in [1.165, 1.54) is 48.3 Å². The predicted octanol–water partition coefficient (Wildman–Crippen LogP) is 5.26. The van der Waals surface area contributed by atoms with E-state index in [1.54, 1.807) is 0 Å². The molecule has 1 aliphatic heterocycles. The molecule has 0 N–H and O–H groups in total. The molecule has 0 radical (unpaired) electrons. The fourth-order valence-electron chi connectivity index (χ4n) is 3.74. The summed E-state index contributed by atoms with van der Waals surface area (Å²) in [7, 11) is 2.19. The van der Waals surface area contributed by atoms with Crippen molar-refractivity contribution in [3.05, 3.63) is 66.2 Å². The fourth-order valence-corrected chi connectivity index (χ4v) is 4.96. The van der Waals surface area contributed by atoms with Gasteiger partial charge in [0.05, 0.1) is 10.5 Å². The van der Waals surface area contributed by atoms with Crippen LogP contribution in [0.3, 0.4) is 0 Å². The second-order valence-corrected chi connectivity index (χ2v) is 7.27. The Morgan fingerprint density at radius 3 is 2.57 bits per heavy atom. The van der Waals surface area contributed by atoms with Gasteiger partial charge in [-0.05, 0) is 36.1 Å². The van der Waals surface area contributed by atoms with Gasteiger partial charge >= 0.3 is 0 Å². The van der Waals surface area contributed by atoms with Gasteiger partial charge in [-0.2, -0.15) is 4.57 Å². The third kappa shape index (κ3) is 1.73. The van der Waals surface area contributed by atoms with E-state index in [1.807, 2.05) is 11.8 Å². The van der Waals surface area contributed by atoms with Crippen molar-refractivity contribution in [1.29, 1.82) is 0 Å². The van der Waals surface area contributed by atoms with E-state index < -0.39 is 0 Å². The third-order valence-corrected chi connectivity index (χ3v) is 5.92. The number of fused-ring (bicyclic) bond motifs is 3. The lowest BCUT2D eigenvalue weighted by atomic mass is 9.95. The fraction of sp³-hybridized carbons (Fsp3) is 0.0952. The molecule has 0 fully saturated rings. The minimum atomic E-state index is 1.28. The van der Waals surface area contributed by atoms with Gasteiger partial charge in [0.25, 0.3) is 0 Å². The maximum atomic E-state index is 2.36. The highest BCUT2D eigenvalue weighted by Crippen LogP contribution is 2.48. The van der Waals surface area contributed by atoms with E-state index in [4.69, 9.17) is 0 Å². The summed E-state index contributed by atoms with van der Waals surface area (Å²) >= 11 is 1.89. The molecule has 23 heavy (non-hydrogen) atoms. The number of hydrogen-bond acceptors (Lipinski definition) is 1. The van der Waals surface area contributed by atoms with Crippen LogP contribution in [0.15, 0.2) is 70.5 Å². The predicted molar refractivity (Wildman–Crippen MR) is 96.9 cm³/mol. The largest absolute Gasteiger partial charge is 0.227 e. The molecular weight excluding hydrogens is 298 g/mol. The summed E-state index contributed by atoms with van der Waals surface area (Å²) in [4.78, 5) is 2.71. The first-order valence-corrected chi connectivity index (χ1v) is 8.68. The third-order valence-electron chi connectivity index (χ3n) is 4.83. The highest BCUT2D eigenvalue weighted by molar-refractivity contribution is 7.99. The van der Waals surface area contributed by atoms with Gasteiger partial charge in [0.15, 0.2) is 0 Å². The Morgan fingerprint density at radius 2 is 1.65 bits per heavy atom. The summed E-state index contributed by atoms with van der Waals surface area (Å²) < 4.78 is 2.36. The number of aryl methyl sites for hydroxylation is 2. The van der Waals surface area contributed by atoms with Gasteiger partial charge in [-0.3, -0.25) is 0 Å². The minimum absolute atomic E-state index is 1.28. The summed E-state index contributed by atoms with van der Waals surface area (Å²) in [5, 5.41) is 4.02. The highest BCUT2D eigenvalue weighted by atomic mass is 32.2. The summed E-state index contributed by atoms with van der Waals surface area (Å²) in [6.07, 6.45) is 0. The van der Waals surface area contributed by atoms with Crippen LogP contribution in [0.25, 0.3) is 32.9 Å². The lowest BCUT2D eigenvalue weighted by Crippen LogP contribution is -2.33. The van der Waals surface area contributed by atoms with Gasteiger partial charge in [0.2, 0.25) is 11.2 Å². The lowest BCUT2D eigenvalue weighted by molar-refractivity contribution is -0.635. The van der Waals surface area contributed by atoms with Crippen LogP contribution in [-0.4, -0.2) is 0 Å². The molecule has 0 saturated carbocycles. The van der Waals surface area contributed by atoms with Crippen LogP contribution in [0.2, 0.25) is 0 Å². The molecule has 0 amide bonds. The number of hydrogen-bond donors (Lipinski definition) is 0. The summed E-state index contributed by atoms with van der Waals surface area (Å²) in [6.45, 7) is 2.22. The lowest BCUT2D eigenvalue weighted by Gasteiger charge is -2.20. The highest BCUT2D eigenvalue weighted by Gasteiger charge is 2.29. The smallest absolute Gasteiger partial charge is 0.193 e. The molecule has 0 atom stereocenters. The molecular formula is C21H16NS+. The average molecular weight is 314 g/mol. The number of aromatic nitrogens is 1. The van der Waals surface area contributed by atoms with Crippen molar-refractivity contribution >= 4 is 33.4 Å². The monoisotopic (exact) mass is 314 g/mol. The summed E-state index contributed by atoms with van der Waals surface area (Å²) in [6, 6.07) is 22.1. The van der Waals surface area contributed by atoms with Crippen molar-refractivity contribution in [2.24, 2.45) is 7.05 Å². The van der Waals surface area contributed by atoms with Gasteiger partial charge < -0.3 is 0 Å². The zero-order chi connectivity index (χ0) is 15.6. The average Bonchev–Trinajstić information content (AvgIpc) is 2.57. The molecule has 0 spiro atoms. The van der Waals surface area contributed by atoms with Crippen molar-refractivity contribution in [3.63, 3.8) is 0 Å². The van der Waals surface area contributed by atoms with E-state index in [-0.39, 0.29) is 0 Å². The molecule has 1 aromatic heterocycles. The summed E-state index contributed by atoms with van der Waals surface area (Å²) in [5.74, 6) is 0. The van der Waals surface area contributed by atoms with Gasteiger partial charge in [0, 0.05) is 21.7 Å². The van der Waals surface area contributed by atoms with E-state index in [2.05, 4.69) is 79.2 Å². The van der Waals surface area contributed by atoms with Gasteiger partial charge in [-0.25, -0.2) is 0 Å². The normalized spacial score (nSPS) is 12.6. The zero-order valence-electron chi connectivity index (χ0n) is 13.1. The Balaban J connectivity index is 2.02. The topological polar surface area (TPSA) is 3.88 Å². The first kappa shape index (κ1) is 13.1. The molecule has 0 bridgehead atoms. The van der Waals surface area contributed by atoms with Crippen molar-refractivity contribution in [3.8, 4) is 11.3 Å². The van der Waals surface area contributed by atoms with E-state index in [9.17, 15) is 0 Å². The molecule has 5 rings (SSSR count). The summed E-state index contributed by atoms with van der Waals surface area (Å²) in [5.41, 5.74) is 5.36. The number of para-hydroxylation sites is 1. The maximum absolute atomic E-state index is 2.36. The number of benzene rings is 3. The van der Waals surface area contributed by atoms with Crippen LogP contribution in [0.4, 0.5) is 0 Å². The SMILES string of the molecule is Cc1ccc2cccc3c2c1-c1c(cc2ccccc2[n+]1C)S3. The van der Waals surface area contributed by atoms with Crippen LogP contribution in [0.5, 0.6) is 0 Å². The second kappa shape index (κ2) is 4.59. The molecule has 0 unspecified atom stereocenters. The Bertz CT molecular complexity index is 1110. The van der Waals surface area contributed by atoms with Crippen LogP contribution >= 0.6 is 11.8 Å². The van der Waals surface area contributed by atoms with E-state index >= 15 is 0 Å². The Hall–Kier alpha value is -2.32. The van der Waals surface area contributed by atoms with Crippen molar-refractivity contribution in [2.45, 2.75) is 16.7 Å². The molecule has 110 valence electrons. The molecule has 1 nitrogen and oxygen atoms in total. The standard InChI is InChI=1S/C21H16NS/c1-13-10-11-14-7-5-9-17-20(14)19(13)21-18(23-17)12-15-6-3-4-8-16(15)22(21)2/h3-12H,1-2H3/q+1. The minimum Gasteiger partial charge on any atom is -0.193 e. The van der Waals surface area contributed by atoms with Crippen LogP contribution < -0.4 is 4.57 Å². The van der Waals surface area contributed by atoms with Gasteiger partial charge in [-0.15, -0.1) is 0 Å². The van der Waals surface area contributed by atoms with Crippen molar-refractivity contribution in [2.75, 3.05) is 0 Å². The number of pyridine rings is 1. The molecule has 1 aliphatic rings. The second-order valence-electron chi connectivity index (χ2n) is 6.19. The maximum Gasteiger partial charge on any atom is 0.227 e. The Kier molecular flexibility index (Phi) is 2.62. The van der Waals surface area contributed by atoms with Crippen LogP contribution in [0, 0.1) is 6.92 Å². The number of rotatable bonds is 0. The molecule has 2 heterocycles. The van der Waals surface area contributed by atoms with Crippen molar-refractivity contribution < 1.29 is 4.57 Å². The first-order chi connectivity index (χ1) is 11.2. The Morgan fingerprint density at radius 1 is 0.826 bits per heavy atom. The van der Waals surface area contributed by atoms with E-state index in [0.29, 0.717) is 0 Å².